The van der Waals surface area contributed by atoms with Gasteiger partial charge in [-0.05, 0) is 20.3 Å². The Morgan fingerprint density at radius 2 is 1.76 bits per heavy atom. The fourth-order valence-corrected chi connectivity index (χ4v) is 1.09. The van der Waals surface area contributed by atoms with Crippen LogP contribution in [-0.2, 0) is 19.1 Å². The van der Waals surface area contributed by atoms with Crippen molar-refractivity contribution >= 4 is 11.9 Å². The Labute approximate surface area is 102 Å². The molecule has 0 radical (unpaired) electrons. The minimum atomic E-state index is -0.542. The van der Waals surface area contributed by atoms with Crippen LogP contribution in [-0.4, -0.2) is 31.7 Å². The average molecular weight is 243 g/mol. The van der Waals surface area contributed by atoms with Gasteiger partial charge in [0.05, 0.1) is 19.3 Å². The Morgan fingerprint density at radius 3 is 2.29 bits per heavy atom. The fourth-order valence-electron chi connectivity index (χ4n) is 1.09. The number of nitrogens with one attached hydrogen (secondary N) is 1. The number of unbranched alkanes of at least 4 members (excludes halogenated alkanes) is 1. The summed E-state index contributed by atoms with van der Waals surface area (Å²) in [4.78, 5) is 22.8. The van der Waals surface area contributed by atoms with Gasteiger partial charge in [0, 0.05) is 6.54 Å². The summed E-state index contributed by atoms with van der Waals surface area (Å²) in [5.41, 5.74) is 0.152. The highest BCUT2D eigenvalue weighted by Crippen LogP contribution is 1.97. The molecular weight excluding hydrogens is 222 g/mol. The molecule has 98 valence electrons. The van der Waals surface area contributed by atoms with Crippen LogP contribution in [0.5, 0.6) is 0 Å². The monoisotopic (exact) mass is 243 g/mol. The highest BCUT2D eigenvalue weighted by molar-refractivity contribution is 5.95. The van der Waals surface area contributed by atoms with Crippen LogP contribution in [0.4, 0.5) is 0 Å². The fraction of sp³-hybridized carbons (Fsp3) is 0.667. The van der Waals surface area contributed by atoms with Crippen LogP contribution in [0, 0.1) is 0 Å². The first-order chi connectivity index (χ1) is 8.15. The maximum Gasteiger partial charge on any atom is 0.354 e. The van der Waals surface area contributed by atoms with E-state index in [0.29, 0.717) is 6.54 Å². The average Bonchev–Trinajstić information content (AvgIpc) is 2.28. The summed E-state index contributed by atoms with van der Waals surface area (Å²) < 4.78 is 9.58. The Hall–Kier alpha value is -1.52. The lowest BCUT2D eigenvalue weighted by molar-refractivity contribution is -0.141. The topological polar surface area (TPSA) is 64.6 Å². The van der Waals surface area contributed by atoms with Crippen LogP contribution in [0.25, 0.3) is 0 Å². The zero-order valence-corrected chi connectivity index (χ0v) is 10.7. The molecule has 5 heteroatoms. The van der Waals surface area contributed by atoms with Crippen molar-refractivity contribution in [1.82, 2.24) is 5.32 Å². The van der Waals surface area contributed by atoms with E-state index in [9.17, 15) is 9.59 Å². The molecule has 0 atom stereocenters. The first-order valence-electron chi connectivity index (χ1n) is 5.95. The van der Waals surface area contributed by atoms with Crippen molar-refractivity contribution < 1.29 is 19.1 Å². The molecule has 0 heterocycles. The molecule has 0 aromatic carbocycles. The van der Waals surface area contributed by atoms with Gasteiger partial charge in [-0.3, -0.25) is 0 Å². The first kappa shape index (κ1) is 15.5. The van der Waals surface area contributed by atoms with E-state index < -0.39 is 11.9 Å². The standard InChI is InChI=1S/C12H21NO4/c1-4-7-8-13-10(12(15)17-6-3)9-11(14)16-5-2/h9,13H,4-8H2,1-3H3. The Kier molecular flexibility index (Phi) is 8.82. The minimum absolute atomic E-state index is 0.152. The van der Waals surface area contributed by atoms with Gasteiger partial charge in [-0.1, -0.05) is 13.3 Å². The molecule has 0 saturated heterocycles. The second-order valence-electron chi connectivity index (χ2n) is 3.31. The van der Waals surface area contributed by atoms with Gasteiger partial charge in [-0.2, -0.15) is 0 Å². The van der Waals surface area contributed by atoms with Gasteiger partial charge in [0.25, 0.3) is 0 Å². The number of carbonyl (C=O) groups excluding carboxylic acids is 2. The maximum absolute atomic E-state index is 11.5. The number of carbonyl (C=O) groups is 2. The lowest BCUT2D eigenvalue weighted by Gasteiger charge is -2.09. The first-order valence-corrected chi connectivity index (χ1v) is 5.95. The summed E-state index contributed by atoms with van der Waals surface area (Å²) in [5, 5.41) is 2.88. The van der Waals surface area contributed by atoms with Crippen LogP contribution in [0.2, 0.25) is 0 Å². The number of ether oxygens (including phenoxy) is 2. The predicted molar refractivity (Wildman–Crippen MR) is 64.3 cm³/mol. The van der Waals surface area contributed by atoms with E-state index >= 15 is 0 Å². The van der Waals surface area contributed by atoms with E-state index in [1.165, 1.54) is 0 Å². The third-order valence-corrected chi connectivity index (χ3v) is 1.89. The highest BCUT2D eigenvalue weighted by Gasteiger charge is 2.12. The van der Waals surface area contributed by atoms with E-state index in [0.717, 1.165) is 18.9 Å². The molecule has 1 N–H and O–H groups in total. The van der Waals surface area contributed by atoms with E-state index in [1.807, 2.05) is 6.92 Å². The third kappa shape index (κ3) is 7.38. The molecule has 0 aromatic rings. The van der Waals surface area contributed by atoms with Crippen molar-refractivity contribution in [2.75, 3.05) is 19.8 Å². The summed E-state index contributed by atoms with van der Waals surface area (Å²) in [7, 11) is 0. The van der Waals surface area contributed by atoms with Gasteiger partial charge in [0.1, 0.15) is 5.70 Å². The number of hydrogen-bond donors (Lipinski definition) is 1. The zero-order valence-electron chi connectivity index (χ0n) is 10.7. The second-order valence-corrected chi connectivity index (χ2v) is 3.31. The van der Waals surface area contributed by atoms with Crippen LogP contribution in [0.15, 0.2) is 11.8 Å². The summed E-state index contributed by atoms with van der Waals surface area (Å²) in [6.07, 6.45) is 3.05. The summed E-state index contributed by atoms with van der Waals surface area (Å²) in [6, 6.07) is 0. The molecular formula is C12H21NO4. The van der Waals surface area contributed by atoms with Crippen molar-refractivity contribution in [3.63, 3.8) is 0 Å². The van der Waals surface area contributed by atoms with Crippen LogP contribution in [0.3, 0.4) is 0 Å². The Bertz CT molecular complexity index is 274. The molecule has 5 nitrogen and oxygen atoms in total. The van der Waals surface area contributed by atoms with Gasteiger partial charge in [-0.15, -0.1) is 0 Å². The van der Waals surface area contributed by atoms with Gasteiger partial charge >= 0.3 is 11.9 Å². The molecule has 0 spiro atoms. The van der Waals surface area contributed by atoms with E-state index in [1.54, 1.807) is 13.8 Å². The molecule has 0 bridgehead atoms. The quantitative estimate of drug-likeness (QED) is 0.396. The normalized spacial score (nSPS) is 10.9. The third-order valence-electron chi connectivity index (χ3n) is 1.89. The predicted octanol–water partition coefficient (Wildman–Crippen LogP) is 1.39. The highest BCUT2D eigenvalue weighted by atomic mass is 16.5. The Balaban J connectivity index is 4.47. The van der Waals surface area contributed by atoms with E-state index in [2.05, 4.69) is 5.32 Å². The van der Waals surface area contributed by atoms with Crippen molar-refractivity contribution in [3.05, 3.63) is 11.8 Å². The van der Waals surface area contributed by atoms with Crippen LogP contribution < -0.4 is 5.32 Å². The number of esters is 2. The van der Waals surface area contributed by atoms with Gasteiger partial charge in [0.2, 0.25) is 0 Å². The van der Waals surface area contributed by atoms with Crippen molar-refractivity contribution in [2.45, 2.75) is 33.6 Å². The molecule has 0 amide bonds. The lowest BCUT2D eigenvalue weighted by Crippen LogP contribution is -2.24. The van der Waals surface area contributed by atoms with Crippen LogP contribution >= 0.6 is 0 Å². The van der Waals surface area contributed by atoms with Crippen molar-refractivity contribution in [3.8, 4) is 0 Å². The van der Waals surface area contributed by atoms with Gasteiger partial charge in [-0.25, -0.2) is 9.59 Å². The van der Waals surface area contributed by atoms with Crippen LogP contribution in [0.1, 0.15) is 33.6 Å². The van der Waals surface area contributed by atoms with Gasteiger partial charge < -0.3 is 14.8 Å². The smallest absolute Gasteiger partial charge is 0.354 e. The largest absolute Gasteiger partial charge is 0.463 e. The molecule has 0 aliphatic rings. The second kappa shape index (κ2) is 9.69. The van der Waals surface area contributed by atoms with E-state index in [4.69, 9.17) is 9.47 Å². The number of rotatable bonds is 8. The maximum atomic E-state index is 11.5. The zero-order chi connectivity index (χ0) is 13.1. The molecule has 0 unspecified atom stereocenters. The summed E-state index contributed by atoms with van der Waals surface area (Å²) in [5.74, 6) is -1.07. The molecule has 17 heavy (non-hydrogen) atoms. The SMILES string of the molecule is CCCCNC(=CC(=O)OCC)C(=O)OCC. The molecule has 0 fully saturated rings. The Morgan fingerprint density at radius 1 is 1.12 bits per heavy atom. The molecule has 0 aliphatic heterocycles. The molecule has 0 saturated carbocycles. The number of hydrogen-bond acceptors (Lipinski definition) is 5. The summed E-state index contributed by atoms with van der Waals surface area (Å²) >= 11 is 0. The molecule has 0 rings (SSSR count). The van der Waals surface area contributed by atoms with Gasteiger partial charge in [0.15, 0.2) is 0 Å². The summed E-state index contributed by atoms with van der Waals surface area (Å²) in [6.45, 7) is 6.64. The minimum Gasteiger partial charge on any atom is -0.463 e. The van der Waals surface area contributed by atoms with Crippen molar-refractivity contribution in [1.29, 1.82) is 0 Å². The molecule has 0 aromatic heterocycles. The van der Waals surface area contributed by atoms with E-state index in [-0.39, 0.29) is 18.9 Å². The molecule has 0 aliphatic carbocycles. The van der Waals surface area contributed by atoms with Crippen molar-refractivity contribution in [2.24, 2.45) is 0 Å². The lowest BCUT2D eigenvalue weighted by atomic mass is 10.3.